The Kier molecular flexibility index (Phi) is 6.05. The van der Waals surface area contributed by atoms with Crippen LogP contribution < -0.4 is 15.4 Å². The highest BCUT2D eigenvalue weighted by Crippen LogP contribution is 2.20. The fourth-order valence-corrected chi connectivity index (χ4v) is 3.99. The lowest BCUT2D eigenvalue weighted by Crippen LogP contribution is -3.14. The molecule has 1 aromatic carbocycles. The van der Waals surface area contributed by atoms with Gasteiger partial charge in [0.1, 0.15) is 5.75 Å². The number of benzene rings is 1. The molecule has 0 aliphatic carbocycles. The lowest BCUT2D eigenvalue weighted by atomic mass is 9.92. The largest absolute Gasteiger partial charge is 0.497 e. The van der Waals surface area contributed by atoms with Gasteiger partial charge in [0.15, 0.2) is 6.04 Å². The third kappa shape index (κ3) is 4.44. The normalized spacial score (nSPS) is 21.2. The molecule has 1 aliphatic rings. The van der Waals surface area contributed by atoms with E-state index in [4.69, 9.17) is 10.5 Å². The van der Waals surface area contributed by atoms with Gasteiger partial charge in [0.05, 0.1) is 26.7 Å². The number of hydrogen-bond donors (Lipinski definition) is 2. The van der Waals surface area contributed by atoms with Gasteiger partial charge >= 0.3 is 0 Å². The predicted molar refractivity (Wildman–Crippen MR) is 100 cm³/mol. The molecular weight excluding hydrogens is 344 g/mol. The van der Waals surface area contributed by atoms with Crippen molar-refractivity contribution in [1.82, 2.24) is 20.2 Å². The molecule has 146 valence electrons. The number of hydrogen-bond acceptors (Lipinski definition) is 5. The van der Waals surface area contributed by atoms with Gasteiger partial charge in [0.25, 0.3) is 0 Å². The first-order valence-electron chi connectivity index (χ1n) is 9.52. The Hall–Kier alpha value is -2.48. The van der Waals surface area contributed by atoms with Crippen LogP contribution in [-0.4, -0.2) is 46.3 Å². The first-order chi connectivity index (χ1) is 13.0. The number of likely N-dealkylation sites (tertiary alicyclic amines) is 1. The van der Waals surface area contributed by atoms with Crippen LogP contribution in [0.25, 0.3) is 0 Å². The maximum absolute atomic E-state index is 11.5. The summed E-state index contributed by atoms with van der Waals surface area (Å²) < 4.78 is 7.11. The Morgan fingerprint density at radius 1 is 1.30 bits per heavy atom. The quantitative estimate of drug-likeness (QED) is 0.722. The van der Waals surface area contributed by atoms with Crippen LogP contribution in [0.15, 0.2) is 24.3 Å². The minimum atomic E-state index is -0.181. The molecule has 3 N–H and O–H groups in total. The van der Waals surface area contributed by atoms with Crippen LogP contribution in [0.1, 0.15) is 44.1 Å². The van der Waals surface area contributed by atoms with Gasteiger partial charge in [-0.05, 0) is 28.1 Å². The van der Waals surface area contributed by atoms with Crippen LogP contribution in [0.4, 0.5) is 0 Å². The Bertz CT molecular complexity index is 750. The smallest absolute Gasteiger partial charge is 0.220 e. The van der Waals surface area contributed by atoms with Crippen molar-refractivity contribution in [2.45, 2.75) is 39.3 Å². The molecule has 1 aliphatic heterocycles. The van der Waals surface area contributed by atoms with Gasteiger partial charge in [0, 0.05) is 24.7 Å². The molecule has 1 fully saturated rings. The monoisotopic (exact) mass is 373 g/mol. The number of tetrazole rings is 1. The van der Waals surface area contributed by atoms with Gasteiger partial charge in [-0.15, -0.1) is 5.10 Å². The highest BCUT2D eigenvalue weighted by Gasteiger charge is 2.36. The summed E-state index contributed by atoms with van der Waals surface area (Å²) in [7, 11) is 1.66. The molecule has 1 atom stereocenters. The number of nitrogens with one attached hydrogen (secondary N) is 1. The minimum Gasteiger partial charge on any atom is -0.497 e. The fraction of sp³-hybridized carbons (Fsp3) is 0.579. The van der Waals surface area contributed by atoms with E-state index in [0.29, 0.717) is 12.5 Å². The highest BCUT2D eigenvalue weighted by atomic mass is 16.5. The van der Waals surface area contributed by atoms with E-state index < -0.39 is 0 Å². The summed E-state index contributed by atoms with van der Waals surface area (Å²) in [5.41, 5.74) is 6.60. The van der Waals surface area contributed by atoms with Crippen molar-refractivity contribution < 1.29 is 14.4 Å². The second-order valence-electron chi connectivity index (χ2n) is 7.60. The predicted octanol–water partition coefficient (Wildman–Crippen LogP) is 0.207. The standard InChI is InChI=1S/C19H28N6O2/c1-13(2)17(24-10-8-15(9-11-24)18(20)26)19-21-22-23-25(19)12-14-4-6-16(27-3)7-5-14/h4-7,13,15,17H,8-12H2,1-3H3,(H2,20,26)/p+1/t17-/m1/s1. The van der Waals surface area contributed by atoms with Crippen LogP contribution >= 0.6 is 0 Å². The Labute approximate surface area is 159 Å². The molecule has 0 bridgehead atoms. The summed E-state index contributed by atoms with van der Waals surface area (Å²) in [5, 5.41) is 12.5. The van der Waals surface area contributed by atoms with E-state index in [-0.39, 0.29) is 17.9 Å². The number of carbonyl (C=O) groups excluding carboxylic acids is 1. The van der Waals surface area contributed by atoms with Crippen molar-refractivity contribution in [3.63, 3.8) is 0 Å². The molecule has 1 amide bonds. The molecule has 8 heteroatoms. The van der Waals surface area contributed by atoms with Crippen molar-refractivity contribution in [3.05, 3.63) is 35.7 Å². The maximum Gasteiger partial charge on any atom is 0.220 e. The lowest BCUT2D eigenvalue weighted by molar-refractivity contribution is -0.941. The number of nitrogens with two attached hydrogens (primary N) is 1. The Balaban J connectivity index is 1.77. The second kappa shape index (κ2) is 8.47. The first kappa shape index (κ1) is 19.3. The van der Waals surface area contributed by atoms with Crippen LogP contribution in [-0.2, 0) is 11.3 Å². The van der Waals surface area contributed by atoms with Crippen LogP contribution in [0.3, 0.4) is 0 Å². The van der Waals surface area contributed by atoms with Crippen molar-refractivity contribution in [1.29, 1.82) is 0 Å². The number of methoxy groups -OCH3 is 1. The molecule has 3 rings (SSSR count). The van der Waals surface area contributed by atoms with E-state index in [0.717, 1.165) is 43.1 Å². The van der Waals surface area contributed by atoms with E-state index >= 15 is 0 Å². The summed E-state index contributed by atoms with van der Waals surface area (Å²) in [6.45, 7) is 6.83. The zero-order chi connectivity index (χ0) is 19.4. The molecular formula is C19H29N6O2+. The van der Waals surface area contributed by atoms with E-state index in [2.05, 4.69) is 29.4 Å². The number of aromatic nitrogens is 4. The van der Waals surface area contributed by atoms with Crippen molar-refractivity contribution in [3.8, 4) is 5.75 Å². The molecule has 0 unspecified atom stereocenters. The number of amides is 1. The van der Waals surface area contributed by atoms with Gasteiger partial charge in [0.2, 0.25) is 11.7 Å². The summed E-state index contributed by atoms with van der Waals surface area (Å²) in [5.74, 6) is 1.92. The molecule has 8 nitrogen and oxygen atoms in total. The fourth-order valence-electron chi connectivity index (χ4n) is 3.99. The second-order valence-corrected chi connectivity index (χ2v) is 7.60. The number of quaternary nitrogens is 1. The van der Waals surface area contributed by atoms with E-state index in [1.807, 2.05) is 28.9 Å². The molecule has 1 saturated heterocycles. The number of rotatable bonds is 7. The average molecular weight is 373 g/mol. The SMILES string of the molecule is COc1ccc(Cn2nnnc2[C@@H](C(C)C)[NH+]2CCC(C(N)=O)CC2)cc1. The summed E-state index contributed by atoms with van der Waals surface area (Å²) in [4.78, 5) is 12.9. The number of nitrogens with zero attached hydrogens (tertiary/aromatic N) is 4. The van der Waals surface area contributed by atoms with Crippen LogP contribution in [0.2, 0.25) is 0 Å². The summed E-state index contributed by atoms with van der Waals surface area (Å²) in [6.07, 6.45) is 1.65. The van der Waals surface area contributed by atoms with Crippen LogP contribution in [0.5, 0.6) is 5.75 Å². The zero-order valence-corrected chi connectivity index (χ0v) is 16.3. The van der Waals surface area contributed by atoms with Gasteiger partial charge < -0.3 is 15.4 Å². The van der Waals surface area contributed by atoms with E-state index in [1.54, 1.807) is 7.11 Å². The number of piperidine rings is 1. The molecule has 0 radical (unpaired) electrons. The summed E-state index contributed by atoms with van der Waals surface area (Å²) in [6, 6.07) is 8.13. The first-order valence-corrected chi connectivity index (χ1v) is 9.52. The number of ether oxygens (including phenoxy) is 1. The zero-order valence-electron chi connectivity index (χ0n) is 16.3. The van der Waals surface area contributed by atoms with Crippen molar-refractivity contribution in [2.75, 3.05) is 20.2 Å². The molecule has 1 aromatic heterocycles. The van der Waals surface area contributed by atoms with Gasteiger partial charge in [-0.2, -0.15) is 0 Å². The Morgan fingerprint density at radius 3 is 2.52 bits per heavy atom. The number of primary amides is 1. The lowest BCUT2D eigenvalue weighted by Gasteiger charge is -2.35. The van der Waals surface area contributed by atoms with Crippen LogP contribution in [0, 0.1) is 11.8 Å². The number of carbonyl (C=O) groups is 1. The van der Waals surface area contributed by atoms with Crippen molar-refractivity contribution in [2.24, 2.45) is 17.6 Å². The van der Waals surface area contributed by atoms with Gasteiger partial charge in [-0.1, -0.05) is 26.0 Å². The molecule has 0 spiro atoms. The maximum atomic E-state index is 11.5. The molecule has 2 aromatic rings. The average Bonchev–Trinajstić information content (AvgIpc) is 3.10. The molecule has 27 heavy (non-hydrogen) atoms. The summed E-state index contributed by atoms with van der Waals surface area (Å²) >= 11 is 0. The Morgan fingerprint density at radius 2 is 1.96 bits per heavy atom. The topological polar surface area (TPSA) is 100 Å². The van der Waals surface area contributed by atoms with E-state index in [9.17, 15) is 4.79 Å². The van der Waals surface area contributed by atoms with Gasteiger partial charge in [-0.25, -0.2) is 4.68 Å². The molecule has 0 saturated carbocycles. The third-order valence-corrected chi connectivity index (χ3v) is 5.47. The van der Waals surface area contributed by atoms with Gasteiger partial charge in [-0.3, -0.25) is 4.79 Å². The highest BCUT2D eigenvalue weighted by molar-refractivity contribution is 5.76. The third-order valence-electron chi connectivity index (χ3n) is 5.47. The van der Waals surface area contributed by atoms with E-state index in [1.165, 1.54) is 4.90 Å². The molecule has 2 heterocycles. The van der Waals surface area contributed by atoms with Crippen molar-refractivity contribution >= 4 is 5.91 Å². The minimum absolute atomic E-state index is 0.00291.